The van der Waals surface area contributed by atoms with Crippen LogP contribution in [0, 0.1) is 5.82 Å². The van der Waals surface area contributed by atoms with Crippen LogP contribution in [-0.2, 0) is 19.4 Å². The molecule has 0 fully saturated rings. The van der Waals surface area contributed by atoms with Gasteiger partial charge in [0.05, 0.1) is 7.11 Å². The fraction of sp³-hybridized carbons (Fsp3) is 0.316. The molecule has 0 saturated heterocycles. The van der Waals surface area contributed by atoms with Crippen molar-refractivity contribution in [1.82, 2.24) is 4.90 Å². The van der Waals surface area contributed by atoms with E-state index in [0.717, 1.165) is 24.8 Å². The molecule has 3 rings (SSSR count). The number of aryl methyl sites for hydroxylation is 2. The number of rotatable bonds is 4. The Hall–Kier alpha value is -2.36. The molecule has 0 spiro atoms. The molecule has 0 saturated carbocycles. The number of carbonyl (C=O) groups excluding carboxylic acids is 1. The van der Waals surface area contributed by atoms with Crippen LogP contribution in [-0.4, -0.2) is 25.0 Å². The molecule has 0 unspecified atom stereocenters. The maximum Gasteiger partial charge on any atom is 0.253 e. The Morgan fingerprint density at radius 1 is 1.17 bits per heavy atom. The van der Waals surface area contributed by atoms with E-state index in [9.17, 15) is 9.18 Å². The first-order valence-electron chi connectivity index (χ1n) is 7.78. The smallest absolute Gasteiger partial charge is 0.253 e. The van der Waals surface area contributed by atoms with Crippen molar-refractivity contribution >= 4 is 5.91 Å². The van der Waals surface area contributed by atoms with Crippen LogP contribution in [0.25, 0.3) is 0 Å². The highest BCUT2D eigenvalue weighted by molar-refractivity contribution is 5.94. The maximum atomic E-state index is 13.7. The number of hydrogen-bond acceptors (Lipinski definition) is 2. The number of ether oxygens (including phenoxy) is 1. The van der Waals surface area contributed by atoms with Gasteiger partial charge < -0.3 is 9.64 Å². The zero-order valence-corrected chi connectivity index (χ0v) is 13.4. The Balaban J connectivity index is 1.73. The summed E-state index contributed by atoms with van der Waals surface area (Å²) in [5, 5.41) is 0. The van der Waals surface area contributed by atoms with Crippen LogP contribution in [0.1, 0.15) is 33.5 Å². The van der Waals surface area contributed by atoms with Gasteiger partial charge in [-0.05, 0) is 60.2 Å². The molecule has 23 heavy (non-hydrogen) atoms. The van der Waals surface area contributed by atoms with Crippen molar-refractivity contribution in [3.8, 4) is 5.75 Å². The Morgan fingerprint density at radius 3 is 2.70 bits per heavy atom. The van der Waals surface area contributed by atoms with Gasteiger partial charge >= 0.3 is 0 Å². The Kier molecular flexibility index (Phi) is 4.33. The third-order valence-corrected chi connectivity index (χ3v) is 4.33. The number of benzene rings is 2. The lowest BCUT2D eigenvalue weighted by molar-refractivity contribution is 0.0785. The number of carbonyl (C=O) groups is 1. The second-order valence-electron chi connectivity index (χ2n) is 5.97. The molecule has 0 N–H and O–H groups in total. The van der Waals surface area contributed by atoms with Gasteiger partial charge in [0.15, 0.2) is 11.6 Å². The lowest BCUT2D eigenvalue weighted by Gasteiger charge is -2.18. The van der Waals surface area contributed by atoms with Crippen LogP contribution in [0.3, 0.4) is 0 Å². The summed E-state index contributed by atoms with van der Waals surface area (Å²) in [6.07, 6.45) is 3.31. The normalized spacial score (nSPS) is 12.8. The minimum absolute atomic E-state index is 0.0454. The highest BCUT2D eigenvalue weighted by Gasteiger charge is 2.17. The van der Waals surface area contributed by atoms with Gasteiger partial charge in [-0.15, -0.1) is 0 Å². The van der Waals surface area contributed by atoms with E-state index in [4.69, 9.17) is 4.74 Å². The average molecular weight is 313 g/mol. The molecule has 2 aromatic rings. The van der Waals surface area contributed by atoms with Crippen LogP contribution < -0.4 is 4.74 Å². The van der Waals surface area contributed by atoms with Crippen LogP contribution in [0.2, 0.25) is 0 Å². The van der Waals surface area contributed by atoms with Gasteiger partial charge in [0.1, 0.15) is 0 Å². The molecular weight excluding hydrogens is 293 g/mol. The third-order valence-electron chi connectivity index (χ3n) is 4.33. The Bertz CT molecular complexity index is 742. The number of hydrogen-bond donors (Lipinski definition) is 0. The number of amides is 1. The van der Waals surface area contributed by atoms with Crippen molar-refractivity contribution in [2.24, 2.45) is 0 Å². The summed E-state index contributed by atoms with van der Waals surface area (Å²) in [5.74, 6) is -0.249. The molecule has 0 bridgehead atoms. The molecule has 0 aromatic heterocycles. The van der Waals surface area contributed by atoms with Crippen molar-refractivity contribution < 1.29 is 13.9 Å². The van der Waals surface area contributed by atoms with Gasteiger partial charge in [0.2, 0.25) is 0 Å². The molecule has 1 aliphatic carbocycles. The monoisotopic (exact) mass is 313 g/mol. The van der Waals surface area contributed by atoms with Crippen LogP contribution in [0.4, 0.5) is 4.39 Å². The zero-order valence-electron chi connectivity index (χ0n) is 13.4. The third kappa shape index (κ3) is 3.21. The second kappa shape index (κ2) is 6.41. The predicted molar refractivity (Wildman–Crippen MR) is 87.2 cm³/mol. The van der Waals surface area contributed by atoms with Crippen molar-refractivity contribution in [1.29, 1.82) is 0 Å². The van der Waals surface area contributed by atoms with Crippen molar-refractivity contribution in [3.63, 3.8) is 0 Å². The minimum atomic E-state index is -0.414. The number of methoxy groups -OCH3 is 1. The van der Waals surface area contributed by atoms with E-state index < -0.39 is 5.82 Å². The zero-order chi connectivity index (χ0) is 16.4. The molecular formula is C19H20FNO2. The largest absolute Gasteiger partial charge is 0.494 e. The average Bonchev–Trinajstić information content (AvgIpc) is 3.01. The van der Waals surface area contributed by atoms with Gasteiger partial charge in [0, 0.05) is 19.2 Å². The van der Waals surface area contributed by atoms with E-state index in [1.54, 1.807) is 24.1 Å². The summed E-state index contributed by atoms with van der Waals surface area (Å²) in [7, 11) is 3.17. The molecule has 0 aliphatic heterocycles. The van der Waals surface area contributed by atoms with E-state index in [-0.39, 0.29) is 11.7 Å². The molecule has 0 radical (unpaired) electrons. The first kappa shape index (κ1) is 15.5. The molecule has 2 aromatic carbocycles. The van der Waals surface area contributed by atoms with Crippen molar-refractivity contribution in [2.75, 3.05) is 14.2 Å². The maximum absolute atomic E-state index is 13.7. The van der Waals surface area contributed by atoms with E-state index in [1.165, 1.54) is 24.3 Å². The summed E-state index contributed by atoms with van der Waals surface area (Å²) in [5.41, 5.74) is 4.06. The molecule has 120 valence electrons. The van der Waals surface area contributed by atoms with Crippen LogP contribution in [0.15, 0.2) is 36.4 Å². The lowest BCUT2D eigenvalue weighted by atomic mass is 10.1. The number of nitrogens with zero attached hydrogens (tertiary/aromatic N) is 1. The molecule has 0 atom stereocenters. The summed E-state index contributed by atoms with van der Waals surface area (Å²) in [6, 6.07) is 10.7. The van der Waals surface area contributed by atoms with Gasteiger partial charge in [0.25, 0.3) is 5.91 Å². The molecule has 4 heteroatoms. The minimum Gasteiger partial charge on any atom is -0.494 e. The second-order valence-corrected chi connectivity index (χ2v) is 5.97. The SMILES string of the molecule is COc1ccc(CN(C)C(=O)c2ccc3c(c2)CCC3)cc1F. The van der Waals surface area contributed by atoms with Crippen molar-refractivity contribution in [3.05, 3.63) is 64.5 Å². The summed E-state index contributed by atoms with van der Waals surface area (Å²) in [4.78, 5) is 14.2. The highest BCUT2D eigenvalue weighted by Crippen LogP contribution is 2.24. The lowest BCUT2D eigenvalue weighted by Crippen LogP contribution is -2.26. The van der Waals surface area contributed by atoms with Gasteiger partial charge in [-0.1, -0.05) is 12.1 Å². The Morgan fingerprint density at radius 2 is 1.96 bits per heavy atom. The van der Waals surface area contributed by atoms with E-state index in [0.29, 0.717) is 12.1 Å². The number of fused-ring (bicyclic) bond motifs is 1. The first-order chi connectivity index (χ1) is 11.1. The van der Waals surface area contributed by atoms with Gasteiger partial charge in [-0.3, -0.25) is 4.79 Å². The first-order valence-corrected chi connectivity index (χ1v) is 7.78. The van der Waals surface area contributed by atoms with Crippen LogP contribution in [0.5, 0.6) is 5.75 Å². The standard InChI is InChI=1S/C19H20FNO2/c1-21(12-13-6-9-18(23-2)17(20)10-13)19(22)16-8-7-14-4-3-5-15(14)11-16/h6-11H,3-5,12H2,1-2H3. The Labute approximate surface area is 135 Å². The van der Waals surface area contributed by atoms with Crippen LogP contribution >= 0.6 is 0 Å². The van der Waals surface area contributed by atoms with Crippen molar-refractivity contribution in [2.45, 2.75) is 25.8 Å². The predicted octanol–water partition coefficient (Wildman–Crippen LogP) is 3.60. The highest BCUT2D eigenvalue weighted by atomic mass is 19.1. The molecule has 0 heterocycles. The molecule has 1 amide bonds. The van der Waals surface area contributed by atoms with Gasteiger partial charge in [-0.2, -0.15) is 0 Å². The number of halogens is 1. The summed E-state index contributed by atoms with van der Waals surface area (Å²) >= 11 is 0. The summed E-state index contributed by atoms with van der Waals surface area (Å²) in [6.45, 7) is 0.358. The van der Waals surface area contributed by atoms with E-state index in [2.05, 4.69) is 6.07 Å². The summed E-state index contributed by atoms with van der Waals surface area (Å²) < 4.78 is 18.7. The molecule has 3 nitrogen and oxygen atoms in total. The molecule has 1 aliphatic rings. The topological polar surface area (TPSA) is 29.5 Å². The fourth-order valence-corrected chi connectivity index (χ4v) is 3.08. The van der Waals surface area contributed by atoms with E-state index >= 15 is 0 Å². The van der Waals surface area contributed by atoms with E-state index in [1.807, 2.05) is 12.1 Å². The fourth-order valence-electron chi connectivity index (χ4n) is 3.08. The van der Waals surface area contributed by atoms with Gasteiger partial charge in [-0.25, -0.2) is 4.39 Å². The quantitative estimate of drug-likeness (QED) is 0.863.